The quantitative estimate of drug-likeness (QED) is 0.313. The van der Waals surface area contributed by atoms with Gasteiger partial charge in [0.05, 0.1) is 0 Å². The van der Waals surface area contributed by atoms with Crippen molar-refractivity contribution in [2.45, 2.75) is 13.8 Å². The van der Waals surface area contributed by atoms with Crippen molar-refractivity contribution in [1.29, 1.82) is 0 Å². The van der Waals surface area contributed by atoms with Gasteiger partial charge in [-0.3, -0.25) is 4.79 Å². The van der Waals surface area contributed by atoms with Crippen LogP contribution in [0.1, 0.15) is 13.8 Å². The second-order valence-electron chi connectivity index (χ2n) is 2.19. The van der Waals surface area contributed by atoms with Crippen molar-refractivity contribution in [2.24, 2.45) is 11.0 Å². The number of hydrogen-bond acceptors (Lipinski definition) is 2. The molecule has 9 heavy (non-hydrogen) atoms. The highest BCUT2D eigenvalue weighted by Crippen LogP contribution is 1.85. The predicted octanol–water partition coefficient (Wildman–Crippen LogP) is 0.716. The van der Waals surface area contributed by atoms with Gasteiger partial charge in [-0.25, -0.2) is 5.01 Å². The average Bonchev–Trinajstić information content (AvgIpc) is 1.83. The van der Waals surface area contributed by atoms with Crippen LogP contribution in [-0.2, 0) is 4.79 Å². The van der Waals surface area contributed by atoms with E-state index in [4.69, 9.17) is 0 Å². The molecule has 0 saturated carbocycles. The number of amides is 1. The molecule has 0 spiro atoms. The van der Waals surface area contributed by atoms with Crippen LogP contribution in [0.4, 0.5) is 0 Å². The summed E-state index contributed by atoms with van der Waals surface area (Å²) in [5, 5.41) is 5.02. The summed E-state index contributed by atoms with van der Waals surface area (Å²) in [5.41, 5.74) is 0. The lowest BCUT2D eigenvalue weighted by Crippen LogP contribution is -2.08. The van der Waals surface area contributed by atoms with Crippen LogP contribution in [-0.4, -0.2) is 24.7 Å². The zero-order chi connectivity index (χ0) is 7.28. The van der Waals surface area contributed by atoms with Crippen LogP contribution in [0, 0.1) is 5.92 Å². The van der Waals surface area contributed by atoms with E-state index in [1.54, 1.807) is 13.3 Å². The highest BCUT2D eigenvalue weighted by molar-refractivity contribution is 5.61. The Morgan fingerprint density at radius 1 is 1.56 bits per heavy atom. The second kappa shape index (κ2) is 4.06. The van der Waals surface area contributed by atoms with Crippen LogP contribution < -0.4 is 0 Å². The molecule has 0 saturated heterocycles. The number of rotatable bonds is 3. The zero-order valence-corrected chi connectivity index (χ0v) is 6.03. The summed E-state index contributed by atoms with van der Waals surface area (Å²) in [6.07, 6.45) is 2.38. The summed E-state index contributed by atoms with van der Waals surface area (Å²) in [6.45, 7) is 4.00. The molecule has 0 aliphatic carbocycles. The fraction of sp³-hybridized carbons (Fsp3) is 0.667. The first-order valence-corrected chi connectivity index (χ1v) is 2.89. The van der Waals surface area contributed by atoms with Gasteiger partial charge in [0.2, 0.25) is 6.41 Å². The topological polar surface area (TPSA) is 32.7 Å². The summed E-state index contributed by atoms with van der Waals surface area (Å²) in [6, 6.07) is 0. The Kier molecular flexibility index (Phi) is 3.67. The van der Waals surface area contributed by atoms with Gasteiger partial charge in [0.15, 0.2) is 0 Å². The van der Waals surface area contributed by atoms with Gasteiger partial charge in [0.1, 0.15) is 0 Å². The molecule has 0 aromatic heterocycles. The van der Waals surface area contributed by atoms with E-state index in [1.807, 2.05) is 13.8 Å². The first-order valence-electron chi connectivity index (χ1n) is 2.89. The number of hydrogen-bond donors (Lipinski definition) is 0. The lowest BCUT2D eigenvalue weighted by atomic mass is 10.3. The number of carbonyl (C=O) groups excluding carboxylic acids is 1. The molecule has 0 rings (SSSR count). The fourth-order valence-corrected chi connectivity index (χ4v) is 0.266. The third-order valence-electron chi connectivity index (χ3n) is 0.699. The van der Waals surface area contributed by atoms with Gasteiger partial charge in [-0.15, -0.1) is 0 Å². The largest absolute Gasteiger partial charge is 0.277 e. The highest BCUT2D eigenvalue weighted by atomic mass is 16.1. The zero-order valence-electron chi connectivity index (χ0n) is 6.03. The van der Waals surface area contributed by atoms with Crippen LogP contribution in [0.5, 0.6) is 0 Å². The summed E-state index contributed by atoms with van der Waals surface area (Å²) < 4.78 is 0. The molecule has 0 N–H and O–H groups in total. The van der Waals surface area contributed by atoms with Crippen molar-refractivity contribution in [3.63, 3.8) is 0 Å². The maximum atomic E-state index is 9.93. The van der Waals surface area contributed by atoms with Crippen molar-refractivity contribution in [2.75, 3.05) is 7.05 Å². The van der Waals surface area contributed by atoms with Gasteiger partial charge in [-0.1, -0.05) is 13.8 Å². The molecular formula is C6H12N2O. The Hall–Kier alpha value is -0.860. The van der Waals surface area contributed by atoms with Gasteiger partial charge < -0.3 is 0 Å². The highest BCUT2D eigenvalue weighted by Gasteiger charge is 1.86. The minimum absolute atomic E-state index is 0.396. The van der Waals surface area contributed by atoms with E-state index < -0.39 is 0 Å². The number of hydrazone groups is 1. The number of carbonyl (C=O) groups is 1. The molecule has 0 bridgehead atoms. The molecule has 3 nitrogen and oxygen atoms in total. The second-order valence-corrected chi connectivity index (χ2v) is 2.19. The van der Waals surface area contributed by atoms with E-state index in [0.29, 0.717) is 12.3 Å². The van der Waals surface area contributed by atoms with Crippen molar-refractivity contribution < 1.29 is 4.79 Å². The Labute approximate surface area is 55.4 Å². The normalized spacial score (nSPS) is 10.7. The maximum Gasteiger partial charge on any atom is 0.229 e. The van der Waals surface area contributed by atoms with Gasteiger partial charge >= 0.3 is 0 Å². The molecule has 1 amide bonds. The smallest absolute Gasteiger partial charge is 0.229 e. The first-order chi connectivity index (χ1) is 4.16. The van der Waals surface area contributed by atoms with Crippen LogP contribution in [0.15, 0.2) is 5.10 Å². The third-order valence-corrected chi connectivity index (χ3v) is 0.699. The SMILES string of the molecule is CC(C)/C=N/N(C)C=O. The van der Waals surface area contributed by atoms with Crippen LogP contribution in [0.3, 0.4) is 0 Å². The van der Waals surface area contributed by atoms with Gasteiger partial charge in [-0.2, -0.15) is 5.10 Å². The van der Waals surface area contributed by atoms with Crippen LogP contribution >= 0.6 is 0 Å². The minimum atomic E-state index is 0.396. The summed E-state index contributed by atoms with van der Waals surface area (Å²) in [4.78, 5) is 9.93. The lowest BCUT2D eigenvalue weighted by molar-refractivity contribution is -0.116. The van der Waals surface area contributed by atoms with Crippen molar-refractivity contribution >= 4 is 12.6 Å². The molecule has 0 unspecified atom stereocenters. The van der Waals surface area contributed by atoms with E-state index in [0.717, 1.165) is 0 Å². The van der Waals surface area contributed by atoms with Crippen LogP contribution in [0.25, 0.3) is 0 Å². The van der Waals surface area contributed by atoms with E-state index in [9.17, 15) is 4.79 Å². The standard InChI is InChI=1S/C6H12N2O/c1-6(2)4-7-8(3)5-9/h4-6H,1-3H3/b7-4+. The van der Waals surface area contributed by atoms with Crippen molar-refractivity contribution in [1.82, 2.24) is 5.01 Å². The average molecular weight is 128 g/mol. The molecule has 0 radical (unpaired) electrons. The monoisotopic (exact) mass is 128 g/mol. The number of nitrogens with zero attached hydrogens (tertiary/aromatic N) is 2. The molecular weight excluding hydrogens is 116 g/mol. The Balaban J connectivity index is 3.56. The van der Waals surface area contributed by atoms with Crippen molar-refractivity contribution in [3.8, 4) is 0 Å². The van der Waals surface area contributed by atoms with E-state index in [-0.39, 0.29) is 0 Å². The minimum Gasteiger partial charge on any atom is -0.277 e. The molecule has 3 heteroatoms. The Morgan fingerprint density at radius 3 is 2.44 bits per heavy atom. The molecule has 0 aromatic carbocycles. The molecule has 0 fully saturated rings. The van der Waals surface area contributed by atoms with E-state index >= 15 is 0 Å². The first kappa shape index (κ1) is 8.14. The molecule has 52 valence electrons. The van der Waals surface area contributed by atoms with Gasteiger partial charge in [0.25, 0.3) is 0 Å². The van der Waals surface area contributed by atoms with Crippen molar-refractivity contribution in [3.05, 3.63) is 0 Å². The maximum absolute atomic E-state index is 9.93. The Bertz CT molecular complexity index is 110. The molecule has 0 aromatic rings. The summed E-state index contributed by atoms with van der Waals surface area (Å²) in [7, 11) is 1.60. The summed E-state index contributed by atoms with van der Waals surface area (Å²) >= 11 is 0. The molecule has 0 atom stereocenters. The molecule has 0 heterocycles. The van der Waals surface area contributed by atoms with Gasteiger partial charge in [0, 0.05) is 13.3 Å². The van der Waals surface area contributed by atoms with Gasteiger partial charge in [-0.05, 0) is 5.92 Å². The van der Waals surface area contributed by atoms with Crippen LogP contribution in [0.2, 0.25) is 0 Å². The predicted molar refractivity (Wildman–Crippen MR) is 37.2 cm³/mol. The lowest BCUT2D eigenvalue weighted by Gasteiger charge is -2.00. The van der Waals surface area contributed by atoms with E-state index in [1.165, 1.54) is 5.01 Å². The molecule has 0 aliphatic heterocycles. The molecule has 0 aliphatic rings. The van der Waals surface area contributed by atoms with E-state index in [2.05, 4.69) is 5.10 Å². The Morgan fingerprint density at radius 2 is 2.11 bits per heavy atom. The third kappa shape index (κ3) is 5.00. The summed E-state index contributed by atoms with van der Waals surface area (Å²) in [5.74, 6) is 0.396. The fourth-order valence-electron chi connectivity index (χ4n) is 0.266.